The molecule has 454 valence electrons. The maximum Gasteiger partial charge on any atom is 0.338 e. The van der Waals surface area contributed by atoms with E-state index < -0.39 is 63.1 Å². The van der Waals surface area contributed by atoms with Crippen molar-refractivity contribution >= 4 is 20.5 Å². The number of esters is 2. The van der Waals surface area contributed by atoms with Gasteiger partial charge in [-0.3, -0.25) is 0 Å². The van der Waals surface area contributed by atoms with Crippen molar-refractivity contribution in [1.29, 1.82) is 0 Å². The Balaban J connectivity index is 1.02. The summed E-state index contributed by atoms with van der Waals surface area (Å²) in [4.78, 5) is 30.7. The number of carbonyl (C=O) groups excluding carboxylic acids is 2. The van der Waals surface area contributed by atoms with Crippen LogP contribution in [-0.4, -0.2) is 146 Å². The topological polar surface area (TPSA) is 162 Å². The summed E-state index contributed by atoms with van der Waals surface area (Å²) in [6.07, 6.45) is -4.33. The average Bonchev–Trinajstić information content (AvgIpc) is 1.96. The minimum absolute atomic E-state index is 0.0677. The summed E-state index contributed by atoms with van der Waals surface area (Å²) in [7, 11) is 1.86. The van der Waals surface area contributed by atoms with E-state index in [1.54, 1.807) is 62.8 Å². The molecule has 2 heterocycles. The molecule has 0 spiro atoms. The minimum Gasteiger partial charge on any atom is -0.497 e. The van der Waals surface area contributed by atoms with Gasteiger partial charge < -0.3 is 66.0 Å². The predicted molar refractivity (Wildman–Crippen MR) is 319 cm³/mol. The SMILES string of the molecule is [C-]#[N+]CCOP(OCCOCC1OC(OCCOCC2OC(OCCOC(c3ccccc3)(c3ccc(OC)cc3)c3ccc(OC)cc3)C(OC(=O)c3ccccc3)C(C)C2C)C(OC(=O)c2ccccc2)C(C)C1C)N(C(C)C)C(C)C. The van der Waals surface area contributed by atoms with E-state index in [2.05, 4.69) is 44.1 Å². The first-order valence-electron chi connectivity index (χ1n) is 29.1. The van der Waals surface area contributed by atoms with E-state index >= 15 is 0 Å². The number of benzene rings is 5. The van der Waals surface area contributed by atoms with Crippen molar-refractivity contribution in [2.75, 3.05) is 80.2 Å². The van der Waals surface area contributed by atoms with Gasteiger partial charge in [0, 0.05) is 23.9 Å². The molecular formula is C66H85N2O15P. The summed E-state index contributed by atoms with van der Waals surface area (Å²) >= 11 is 0. The van der Waals surface area contributed by atoms with Crippen molar-refractivity contribution in [2.45, 2.75) is 110 Å². The Labute approximate surface area is 498 Å². The zero-order chi connectivity index (χ0) is 60.0. The first kappa shape index (κ1) is 65.7. The van der Waals surface area contributed by atoms with Crippen LogP contribution in [0, 0.1) is 30.2 Å². The van der Waals surface area contributed by atoms with Crippen LogP contribution in [0.4, 0.5) is 0 Å². The van der Waals surface area contributed by atoms with Gasteiger partial charge in [-0.05, 0) is 105 Å². The number of ether oxygens (including phenoxy) is 11. The zero-order valence-electron chi connectivity index (χ0n) is 50.2. The molecule has 11 unspecified atom stereocenters. The van der Waals surface area contributed by atoms with Crippen LogP contribution >= 0.6 is 8.53 Å². The van der Waals surface area contributed by atoms with Crippen LogP contribution in [0.15, 0.2) is 140 Å². The molecular weight excluding hydrogens is 1090 g/mol. The van der Waals surface area contributed by atoms with Crippen molar-refractivity contribution in [1.82, 2.24) is 4.67 Å². The van der Waals surface area contributed by atoms with Gasteiger partial charge in [0.25, 0.3) is 8.53 Å². The highest BCUT2D eigenvalue weighted by Gasteiger charge is 2.47. The Hall–Kier alpha value is -5.84. The standard InChI is InChI=1S/C66H85N2O15P/c1-45(2)68(46(3)4)84(78-36-35-67-9)79-42-38-74-44-59-48(6)49(7)60(82-62(69)51-21-15-12-16-22-51)64(80-59)75-39-37-73-43-58-47(5)50(8)61(83-63(70)52-23-17-13-18-24-52)65(81-58)76-40-41-77-66(53-25-19-14-20-26-53,54-27-31-56(71-10)32-28-54)55-29-33-57(72-11)34-30-55/h12-34,45-50,58-61,64-65H,35-44H2,1-8,10-11H3. The number of nitrogens with zero attached hydrogens (tertiary/aromatic N) is 2. The zero-order valence-corrected chi connectivity index (χ0v) is 51.1. The molecule has 18 heteroatoms. The Morgan fingerprint density at radius 3 is 1.37 bits per heavy atom. The highest BCUT2D eigenvalue weighted by Crippen LogP contribution is 2.46. The van der Waals surface area contributed by atoms with Gasteiger partial charge in [-0.1, -0.05) is 119 Å². The first-order valence-corrected chi connectivity index (χ1v) is 30.2. The number of methoxy groups -OCH3 is 2. The number of rotatable bonds is 32. The van der Waals surface area contributed by atoms with Gasteiger partial charge in [-0.2, -0.15) is 0 Å². The molecule has 2 saturated heterocycles. The summed E-state index contributed by atoms with van der Waals surface area (Å²) in [6.45, 7) is 25.7. The molecule has 2 aliphatic rings. The van der Waals surface area contributed by atoms with Crippen molar-refractivity contribution in [2.24, 2.45) is 23.7 Å². The highest BCUT2D eigenvalue weighted by molar-refractivity contribution is 7.44. The molecule has 7 rings (SSSR count). The molecule has 5 aromatic carbocycles. The van der Waals surface area contributed by atoms with Gasteiger partial charge in [-0.15, -0.1) is 0 Å². The third-order valence-corrected chi connectivity index (χ3v) is 17.6. The fraction of sp³-hybridized carbons (Fsp3) is 0.500. The molecule has 11 atom stereocenters. The molecule has 17 nitrogen and oxygen atoms in total. The Kier molecular flexibility index (Phi) is 25.9. The molecule has 0 aromatic heterocycles. The quantitative estimate of drug-likeness (QED) is 0.0131. The van der Waals surface area contributed by atoms with Crippen LogP contribution in [0.5, 0.6) is 11.5 Å². The van der Waals surface area contributed by atoms with Gasteiger partial charge in [0.05, 0.1) is 90.4 Å². The molecule has 0 radical (unpaired) electrons. The molecule has 84 heavy (non-hydrogen) atoms. The lowest BCUT2D eigenvalue weighted by molar-refractivity contribution is -0.285. The van der Waals surface area contributed by atoms with Crippen molar-refractivity contribution < 1.29 is 70.7 Å². The molecule has 0 aliphatic carbocycles. The summed E-state index contributed by atoms with van der Waals surface area (Å²) in [5.74, 6) is -0.190. The van der Waals surface area contributed by atoms with Crippen LogP contribution in [0.3, 0.4) is 0 Å². The summed E-state index contributed by atoms with van der Waals surface area (Å²) in [6, 6.07) is 43.7. The molecule has 0 bridgehead atoms. The summed E-state index contributed by atoms with van der Waals surface area (Å²) < 4.78 is 84.1. The van der Waals surface area contributed by atoms with Gasteiger partial charge in [0.1, 0.15) is 23.7 Å². The third-order valence-electron chi connectivity index (χ3n) is 15.5. The second kappa shape index (κ2) is 33.2. The second-order valence-electron chi connectivity index (χ2n) is 21.6. The average molecular weight is 1180 g/mol. The van der Waals surface area contributed by atoms with Crippen LogP contribution < -0.4 is 9.47 Å². The van der Waals surface area contributed by atoms with E-state index in [1.807, 2.05) is 112 Å². The molecule has 2 fully saturated rings. The van der Waals surface area contributed by atoms with Crippen LogP contribution in [0.25, 0.3) is 4.85 Å². The maximum atomic E-state index is 13.7. The normalized spacial score (nSPS) is 23.0. The highest BCUT2D eigenvalue weighted by atomic mass is 31.2. The monoisotopic (exact) mass is 1180 g/mol. The van der Waals surface area contributed by atoms with Crippen molar-refractivity contribution in [3.05, 3.63) is 179 Å². The van der Waals surface area contributed by atoms with E-state index in [1.165, 1.54) is 0 Å². The second-order valence-corrected chi connectivity index (χ2v) is 23.0. The van der Waals surface area contributed by atoms with Gasteiger partial charge in [0.2, 0.25) is 6.54 Å². The molecule has 5 aromatic rings. The predicted octanol–water partition coefficient (Wildman–Crippen LogP) is 11.8. The fourth-order valence-electron chi connectivity index (χ4n) is 10.6. The van der Waals surface area contributed by atoms with E-state index in [0.717, 1.165) is 16.7 Å². The fourth-order valence-corrected chi connectivity index (χ4v) is 12.1. The largest absolute Gasteiger partial charge is 0.497 e. The van der Waals surface area contributed by atoms with Crippen LogP contribution in [0.1, 0.15) is 92.8 Å². The third kappa shape index (κ3) is 17.4. The van der Waals surface area contributed by atoms with Crippen molar-refractivity contribution in [3.8, 4) is 11.5 Å². The van der Waals surface area contributed by atoms with Gasteiger partial charge in [-0.25, -0.2) is 20.8 Å². The number of carbonyl (C=O) groups is 2. The van der Waals surface area contributed by atoms with Crippen molar-refractivity contribution in [3.63, 3.8) is 0 Å². The summed E-state index contributed by atoms with van der Waals surface area (Å²) in [5, 5.41) is 0. The molecule has 0 N–H and O–H groups in total. The van der Waals surface area contributed by atoms with E-state index in [0.29, 0.717) is 22.6 Å². The van der Waals surface area contributed by atoms with Gasteiger partial charge >= 0.3 is 11.9 Å². The summed E-state index contributed by atoms with van der Waals surface area (Å²) in [5.41, 5.74) is 2.37. The van der Waals surface area contributed by atoms with E-state index in [4.69, 9.17) is 67.7 Å². The maximum absolute atomic E-state index is 13.7. The lowest BCUT2D eigenvalue weighted by atomic mass is 9.80. The smallest absolute Gasteiger partial charge is 0.338 e. The number of hydrogen-bond donors (Lipinski definition) is 0. The Bertz CT molecular complexity index is 2700. The van der Waals surface area contributed by atoms with E-state index in [-0.39, 0.29) is 102 Å². The lowest BCUT2D eigenvalue weighted by Crippen LogP contribution is -2.54. The first-order chi connectivity index (χ1) is 40.7. The number of hydrogen-bond acceptors (Lipinski definition) is 16. The Morgan fingerprint density at radius 1 is 0.536 bits per heavy atom. The van der Waals surface area contributed by atoms with E-state index in [9.17, 15) is 9.59 Å². The van der Waals surface area contributed by atoms with Gasteiger partial charge in [0.15, 0.2) is 24.8 Å². The van der Waals surface area contributed by atoms with Crippen LogP contribution in [-0.2, 0) is 57.3 Å². The minimum atomic E-state index is -1.41. The lowest BCUT2D eigenvalue weighted by Gasteiger charge is -2.44. The molecule has 0 saturated carbocycles. The van der Waals surface area contributed by atoms with Crippen LogP contribution in [0.2, 0.25) is 0 Å². The molecule has 2 aliphatic heterocycles. The Morgan fingerprint density at radius 2 is 0.940 bits per heavy atom. The molecule has 0 amide bonds.